The quantitative estimate of drug-likeness (QED) is 0.410. The van der Waals surface area contributed by atoms with Gasteiger partial charge in [0.15, 0.2) is 11.5 Å². The zero-order valence-electron chi connectivity index (χ0n) is 9.53. The van der Waals surface area contributed by atoms with E-state index in [0.717, 1.165) is 6.07 Å². The number of phenolic OH excluding ortho intramolecular Hbond substituents is 3. The van der Waals surface area contributed by atoms with Crippen LogP contribution in [-0.4, -0.2) is 48.8 Å². The third-order valence-corrected chi connectivity index (χ3v) is 2.56. The second-order valence-corrected chi connectivity index (χ2v) is 3.94. The maximum Gasteiger partial charge on any atom is 0.336 e. The summed E-state index contributed by atoms with van der Waals surface area (Å²) >= 11 is 0. The lowest BCUT2D eigenvalue weighted by Gasteiger charge is -2.17. The molecule has 7 nitrogen and oxygen atoms in total. The van der Waals surface area contributed by atoms with E-state index in [2.05, 4.69) is 0 Å². The molecule has 7 heteroatoms. The van der Waals surface area contributed by atoms with Crippen LogP contribution in [0.1, 0.15) is 22.8 Å². The number of aromatic carboxylic acids is 1. The number of carboxylic acid groups (broad SMARTS) is 1. The Balaban J connectivity index is 3.31. The summed E-state index contributed by atoms with van der Waals surface area (Å²) in [4.78, 5) is 10.9. The Hall–Kier alpha value is -1.99. The van der Waals surface area contributed by atoms with Crippen LogP contribution in [0.5, 0.6) is 17.2 Å². The smallest absolute Gasteiger partial charge is 0.336 e. The van der Waals surface area contributed by atoms with Gasteiger partial charge in [0, 0.05) is 12.0 Å². The van der Waals surface area contributed by atoms with Gasteiger partial charge in [-0.2, -0.15) is 0 Å². The van der Waals surface area contributed by atoms with Gasteiger partial charge >= 0.3 is 5.97 Å². The first-order chi connectivity index (χ1) is 8.25. The van der Waals surface area contributed by atoms with Crippen molar-refractivity contribution in [3.05, 3.63) is 17.2 Å². The summed E-state index contributed by atoms with van der Waals surface area (Å²) in [7, 11) is 0. The largest absolute Gasteiger partial charge is 0.504 e. The summed E-state index contributed by atoms with van der Waals surface area (Å²) in [5.74, 6) is -3.91. The Morgan fingerprint density at radius 2 is 1.78 bits per heavy atom. The summed E-state index contributed by atoms with van der Waals surface area (Å²) in [6.45, 7) is 1.29. The first-order valence-electron chi connectivity index (χ1n) is 5.11. The second-order valence-electron chi connectivity index (χ2n) is 3.94. The van der Waals surface area contributed by atoms with E-state index in [1.165, 1.54) is 6.92 Å². The number of aromatic hydroxyl groups is 3. The van der Waals surface area contributed by atoms with Crippen LogP contribution in [-0.2, 0) is 6.42 Å². The van der Waals surface area contributed by atoms with Crippen LogP contribution >= 0.6 is 0 Å². The normalized spacial score (nSPS) is 14.2. The van der Waals surface area contributed by atoms with Gasteiger partial charge in [-0.05, 0) is 13.0 Å². The highest BCUT2D eigenvalue weighted by Gasteiger charge is 2.24. The monoisotopic (exact) mass is 258 g/mol. The number of hydrogen-bond acceptors (Lipinski definition) is 6. The maximum absolute atomic E-state index is 10.9. The molecular formula is C11H14O7. The van der Waals surface area contributed by atoms with Gasteiger partial charge in [-0.1, -0.05) is 0 Å². The third-order valence-electron chi connectivity index (χ3n) is 2.56. The summed E-state index contributed by atoms with van der Waals surface area (Å²) in [5, 5.41) is 55.6. The van der Waals surface area contributed by atoms with Gasteiger partial charge < -0.3 is 30.6 Å². The van der Waals surface area contributed by atoms with Gasteiger partial charge in [0.25, 0.3) is 0 Å². The Bertz CT molecular complexity index is 467. The van der Waals surface area contributed by atoms with E-state index in [0.29, 0.717) is 0 Å². The zero-order chi connectivity index (χ0) is 14.0. The molecule has 0 heterocycles. The molecule has 2 atom stereocenters. The molecule has 0 aliphatic rings. The van der Waals surface area contributed by atoms with Crippen molar-refractivity contribution in [2.45, 2.75) is 25.6 Å². The zero-order valence-corrected chi connectivity index (χ0v) is 9.53. The van der Waals surface area contributed by atoms with Crippen LogP contribution in [0.25, 0.3) is 0 Å². The van der Waals surface area contributed by atoms with E-state index in [9.17, 15) is 25.2 Å². The van der Waals surface area contributed by atoms with Crippen LogP contribution < -0.4 is 0 Å². The molecule has 100 valence electrons. The number of carboxylic acids is 1. The van der Waals surface area contributed by atoms with Crippen LogP contribution in [0.15, 0.2) is 6.07 Å². The molecule has 0 amide bonds. The second kappa shape index (κ2) is 5.11. The lowest BCUT2D eigenvalue weighted by atomic mass is 9.97. The Kier molecular flexibility index (Phi) is 4.00. The van der Waals surface area contributed by atoms with Gasteiger partial charge in [-0.15, -0.1) is 0 Å². The molecular weight excluding hydrogens is 244 g/mol. The maximum atomic E-state index is 10.9. The van der Waals surface area contributed by atoms with E-state index >= 15 is 0 Å². The molecule has 0 radical (unpaired) electrons. The van der Waals surface area contributed by atoms with Gasteiger partial charge in [-0.3, -0.25) is 0 Å². The first-order valence-corrected chi connectivity index (χ1v) is 5.11. The fraction of sp³-hybridized carbons (Fsp3) is 0.364. The van der Waals surface area contributed by atoms with Crippen molar-refractivity contribution in [2.24, 2.45) is 0 Å². The molecule has 1 rings (SSSR count). The molecule has 1 aromatic carbocycles. The van der Waals surface area contributed by atoms with E-state index in [-0.39, 0.29) is 12.0 Å². The van der Waals surface area contributed by atoms with Gasteiger partial charge in [0.05, 0.1) is 17.8 Å². The summed E-state index contributed by atoms with van der Waals surface area (Å²) in [6, 6.07) is 0.765. The number of hydrogen-bond donors (Lipinski definition) is 6. The number of carbonyl (C=O) groups is 1. The predicted octanol–water partition coefficient (Wildman–Crippen LogP) is -0.214. The lowest BCUT2D eigenvalue weighted by Crippen LogP contribution is -2.25. The number of rotatable bonds is 4. The van der Waals surface area contributed by atoms with Crippen molar-refractivity contribution in [3.8, 4) is 17.2 Å². The fourth-order valence-corrected chi connectivity index (χ4v) is 1.46. The van der Waals surface area contributed by atoms with E-state index in [1.807, 2.05) is 0 Å². The van der Waals surface area contributed by atoms with Crippen LogP contribution in [0.4, 0.5) is 0 Å². The van der Waals surface area contributed by atoms with Crippen LogP contribution in [0.2, 0.25) is 0 Å². The minimum Gasteiger partial charge on any atom is -0.504 e. The molecule has 6 N–H and O–H groups in total. The molecule has 18 heavy (non-hydrogen) atoms. The molecule has 0 bridgehead atoms. The van der Waals surface area contributed by atoms with Crippen molar-refractivity contribution >= 4 is 5.97 Å². The van der Waals surface area contributed by atoms with Crippen LogP contribution in [0.3, 0.4) is 0 Å². The van der Waals surface area contributed by atoms with Crippen molar-refractivity contribution in [1.29, 1.82) is 0 Å². The van der Waals surface area contributed by atoms with Crippen molar-refractivity contribution < 1.29 is 35.4 Å². The molecule has 0 aliphatic carbocycles. The number of aliphatic hydroxyl groups is 2. The fourth-order valence-electron chi connectivity index (χ4n) is 1.46. The molecule has 0 spiro atoms. The van der Waals surface area contributed by atoms with E-state index < -0.39 is 41.0 Å². The standard InChI is InChI=1S/C11H14O7/c1-4(12)7(13)2-5-6(11(17)18)3-8(14)10(16)9(5)15/h3-4,7,12-16H,2H2,1H3,(H,17,18). The minimum absolute atomic E-state index is 0.258. The average molecular weight is 258 g/mol. The highest BCUT2D eigenvalue weighted by atomic mass is 16.4. The predicted molar refractivity (Wildman–Crippen MR) is 59.8 cm³/mol. The lowest BCUT2D eigenvalue weighted by molar-refractivity contribution is 0.0312. The molecule has 0 saturated heterocycles. The molecule has 0 aromatic heterocycles. The molecule has 2 unspecified atom stereocenters. The molecule has 0 fully saturated rings. The minimum atomic E-state index is -1.44. The average Bonchev–Trinajstić information content (AvgIpc) is 2.28. The number of phenols is 3. The van der Waals surface area contributed by atoms with Crippen molar-refractivity contribution in [3.63, 3.8) is 0 Å². The summed E-state index contributed by atoms with van der Waals surface area (Å²) in [5.41, 5.74) is -0.714. The number of benzene rings is 1. The highest BCUT2D eigenvalue weighted by molar-refractivity contribution is 5.91. The molecule has 0 saturated carbocycles. The first kappa shape index (κ1) is 14.1. The molecule has 0 aliphatic heterocycles. The van der Waals surface area contributed by atoms with Crippen molar-refractivity contribution in [2.75, 3.05) is 0 Å². The Morgan fingerprint density at radius 1 is 1.22 bits per heavy atom. The number of aliphatic hydroxyl groups excluding tert-OH is 2. The highest BCUT2D eigenvalue weighted by Crippen LogP contribution is 2.40. The third kappa shape index (κ3) is 2.63. The van der Waals surface area contributed by atoms with Crippen molar-refractivity contribution in [1.82, 2.24) is 0 Å². The summed E-state index contributed by atoms with van der Waals surface area (Å²) in [6.07, 6.45) is -2.82. The molecule has 1 aromatic rings. The summed E-state index contributed by atoms with van der Waals surface area (Å²) < 4.78 is 0. The van der Waals surface area contributed by atoms with E-state index in [4.69, 9.17) is 10.2 Å². The van der Waals surface area contributed by atoms with E-state index in [1.54, 1.807) is 0 Å². The van der Waals surface area contributed by atoms with Gasteiger partial charge in [0.1, 0.15) is 0 Å². The Morgan fingerprint density at radius 3 is 2.22 bits per heavy atom. The van der Waals surface area contributed by atoms with Gasteiger partial charge in [0.2, 0.25) is 5.75 Å². The topological polar surface area (TPSA) is 138 Å². The van der Waals surface area contributed by atoms with Crippen LogP contribution in [0, 0.1) is 0 Å². The SMILES string of the molecule is CC(O)C(O)Cc1c(C(=O)O)cc(O)c(O)c1O. The Labute approximate surface area is 102 Å². The van der Waals surface area contributed by atoms with Gasteiger partial charge in [-0.25, -0.2) is 4.79 Å².